The van der Waals surface area contributed by atoms with E-state index in [4.69, 9.17) is 4.74 Å². The van der Waals surface area contributed by atoms with Crippen LogP contribution >= 0.6 is 11.8 Å². The normalized spacial score (nSPS) is 15.0. The van der Waals surface area contributed by atoms with Crippen LogP contribution in [0.25, 0.3) is 10.8 Å². The Morgan fingerprint density at radius 2 is 2.00 bits per heavy atom. The zero-order chi connectivity index (χ0) is 19.3. The highest BCUT2D eigenvalue weighted by Gasteiger charge is 2.13. The third kappa shape index (κ3) is 4.52. The van der Waals surface area contributed by atoms with Crippen molar-refractivity contribution in [1.29, 1.82) is 0 Å². The first-order chi connectivity index (χ1) is 13.7. The molecule has 0 aliphatic carbocycles. The van der Waals surface area contributed by atoms with E-state index in [9.17, 15) is 4.79 Å². The molecule has 0 atom stereocenters. The van der Waals surface area contributed by atoms with E-state index in [-0.39, 0.29) is 5.78 Å². The second-order valence-electron chi connectivity index (χ2n) is 6.70. The van der Waals surface area contributed by atoms with Crippen LogP contribution in [0.4, 0.5) is 11.6 Å². The highest BCUT2D eigenvalue weighted by molar-refractivity contribution is 7.98. The van der Waals surface area contributed by atoms with Crippen LogP contribution < -0.4 is 5.32 Å². The number of carbonyl (C=O) groups is 1. The van der Waals surface area contributed by atoms with Crippen LogP contribution in [0.15, 0.2) is 41.6 Å². The molecular formula is C20H23N5O2S. The van der Waals surface area contributed by atoms with Gasteiger partial charge in [0.2, 0.25) is 11.1 Å². The molecule has 0 unspecified atom stereocenters. The Hall–Kier alpha value is -2.42. The minimum Gasteiger partial charge on any atom is -0.379 e. The van der Waals surface area contributed by atoms with E-state index in [1.807, 2.05) is 42.7 Å². The molecule has 0 spiro atoms. The topological polar surface area (TPSA) is 83.1 Å². The van der Waals surface area contributed by atoms with Gasteiger partial charge in [0.25, 0.3) is 0 Å². The zero-order valence-corrected chi connectivity index (χ0v) is 16.6. The van der Waals surface area contributed by atoms with Crippen molar-refractivity contribution in [3.63, 3.8) is 0 Å². The molecule has 0 saturated carbocycles. The number of rotatable bonds is 7. The molecule has 1 fully saturated rings. The number of anilines is 2. The fraction of sp³-hybridized carbons (Fsp3) is 0.350. The van der Waals surface area contributed by atoms with Gasteiger partial charge in [0.15, 0.2) is 5.78 Å². The van der Waals surface area contributed by atoms with E-state index in [0.717, 1.165) is 54.9 Å². The highest BCUT2D eigenvalue weighted by atomic mass is 32.2. The first-order valence-corrected chi connectivity index (χ1v) is 10.5. The van der Waals surface area contributed by atoms with E-state index < -0.39 is 0 Å². The maximum atomic E-state index is 12.6. The van der Waals surface area contributed by atoms with Crippen molar-refractivity contribution in [1.82, 2.24) is 20.1 Å². The summed E-state index contributed by atoms with van der Waals surface area (Å²) in [7, 11) is 0. The van der Waals surface area contributed by atoms with Gasteiger partial charge in [0.1, 0.15) is 0 Å². The van der Waals surface area contributed by atoms with Gasteiger partial charge in [0.05, 0.1) is 13.2 Å². The number of H-pyrrole nitrogens is 1. The number of nitrogens with one attached hydrogen (secondary N) is 2. The number of carbonyl (C=O) groups excluding carboxylic acids is 1. The summed E-state index contributed by atoms with van der Waals surface area (Å²) in [6.07, 6.45) is 2.47. The molecule has 1 aliphatic rings. The Morgan fingerprint density at radius 1 is 1.21 bits per heavy atom. The maximum absolute atomic E-state index is 12.6. The molecule has 7 nitrogen and oxygen atoms in total. The highest BCUT2D eigenvalue weighted by Crippen LogP contribution is 2.23. The van der Waals surface area contributed by atoms with Crippen molar-refractivity contribution in [2.75, 3.05) is 44.4 Å². The van der Waals surface area contributed by atoms with E-state index >= 15 is 0 Å². The largest absolute Gasteiger partial charge is 0.379 e. The molecule has 8 heteroatoms. The van der Waals surface area contributed by atoms with Gasteiger partial charge in [-0.25, -0.2) is 5.10 Å². The van der Waals surface area contributed by atoms with Crippen molar-refractivity contribution in [2.45, 2.75) is 11.6 Å². The monoisotopic (exact) mass is 397 g/mol. The summed E-state index contributed by atoms with van der Waals surface area (Å²) in [5, 5.41) is 13.0. The van der Waals surface area contributed by atoms with Gasteiger partial charge in [-0.3, -0.25) is 9.69 Å². The molecule has 2 N–H and O–H groups in total. The van der Waals surface area contributed by atoms with Crippen LogP contribution in [0.5, 0.6) is 0 Å². The van der Waals surface area contributed by atoms with Gasteiger partial charge in [-0.2, -0.15) is 4.98 Å². The molecule has 2 aromatic carbocycles. The Labute approximate surface area is 167 Å². The number of ketones is 1. The quantitative estimate of drug-likeness (QED) is 0.467. The Kier molecular flexibility index (Phi) is 5.90. The van der Waals surface area contributed by atoms with Crippen LogP contribution in [0.1, 0.15) is 16.8 Å². The molecule has 1 aliphatic heterocycles. The third-order valence-electron chi connectivity index (χ3n) is 4.83. The average Bonchev–Trinajstić information content (AvgIpc) is 3.20. The number of fused-ring (bicyclic) bond motifs is 1. The Bertz CT molecular complexity index is 968. The van der Waals surface area contributed by atoms with Crippen molar-refractivity contribution < 1.29 is 9.53 Å². The lowest BCUT2D eigenvalue weighted by Gasteiger charge is -2.26. The van der Waals surface area contributed by atoms with Gasteiger partial charge in [-0.05, 0) is 35.2 Å². The molecule has 1 saturated heterocycles. The Balaban J connectivity index is 1.42. The number of Topliss-reactive ketones (excluding diaryl/α,β-unsaturated/α-hetero) is 1. The molecule has 1 aromatic heterocycles. The molecule has 146 valence electrons. The second kappa shape index (κ2) is 8.72. The maximum Gasteiger partial charge on any atom is 0.223 e. The lowest BCUT2D eigenvalue weighted by Crippen LogP contribution is -2.37. The predicted molar refractivity (Wildman–Crippen MR) is 112 cm³/mol. The van der Waals surface area contributed by atoms with Gasteiger partial charge in [0, 0.05) is 37.3 Å². The molecule has 4 rings (SSSR count). The molecule has 3 aromatic rings. The fourth-order valence-electron chi connectivity index (χ4n) is 3.26. The van der Waals surface area contributed by atoms with Gasteiger partial charge >= 0.3 is 0 Å². The molecule has 0 amide bonds. The third-order valence-corrected chi connectivity index (χ3v) is 5.38. The van der Waals surface area contributed by atoms with E-state index in [1.54, 1.807) is 0 Å². The second-order valence-corrected chi connectivity index (χ2v) is 7.47. The molecular weight excluding hydrogens is 374 g/mol. The van der Waals surface area contributed by atoms with E-state index in [2.05, 4.69) is 25.4 Å². The van der Waals surface area contributed by atoms with Gasteiger partial charge in [-0.15, -0.1) is 5.10 Å². The minimum atomic E-state index is 0.182. The minimum absolute atomic E-state index is 0.182. The summed E-state index contributed by atoms with van der Waals surface area (Å²) in [6.45, 7) is 4.12. The first-order valence-electron chi connectivity index (χ1n) is 9.32. The number of hydrogen-bond acceptors (Lipinski definition) is 7. The van der Waals surface area contributed by atoms with Crippen molar-refractivity contribution in [2.24, 2.45) is 0 Å². The van der Waals surface area contributed by atoms with Crippen LogP contribution in [0, 0.1) is 0 Å². The lowest BCUT2D eigenvalue weighted by atomic mass is 10.0. The van der Waals surface area contributed by atoms with Crippen LogP contribution in [-0.4, -0.2) is 65.0 Å². The number of hydrogen-bond donors (Lipinski definition) is 2. The smallest absolute Gasteiger partial charge is 0.223 e. The number of morpholine rings is 1. The molecule has 0 radical (unpaired) electrons. The van der Waals surface area contributed by atoms with Crippen LogP contribution in [0.2, 0.25) is 0 Å². The molecule has 28 heavy (non-hydrogen) atoms. The van der Waals surface area contributed by atoms with E-state index in [0.29, 0.717) is 17.5 Å². The summed E-state index contributed by atoms with van der Waals surface area (Å²) < 4.78 is 5.35. The number of aromatic nitrogens is 3. The number of benzene rings is 2. The molecule has 2 heterocycles. The summed E-state index contributed by atoms with van der Waals surface area (Å²) in [5.74, 6) is 0.792. The van der Waals surface area contributed by atoms with Gasteiger partial charge < -0.3 is 10.1 Å². The predicted octanol–water partition coefficient (Wildman–Crippen LogP) is 3.33. The van der Waals surface area contributed by atoms with Crippen molar-refractivity contribution in [3.8, 4) is 0 Å². The standard InChI is InChI=1S/C20H23N5O2S/c1-28-20-22-19(23-24-20)21-17-5-4-14-12-16(3-2-15(14)13-17)18(26)6-7-25-8-10-27-11-9-25/h2-5,12-13H,6-11H2,1H3,(H2,21,22,23,24). The lowest BCUT2D eigenvalue weighted by molar-refractivity contribution is 0.0370. The summed E-state index contributed by atoms with van der Waals surface area (Å²) in [6, 6.07) is 11.9. The SMILES string of the molecule is CSc1n[nH]c(Nc2ccc3cc(C(=O)CCN4CCOCC4)ccc3c2)n1. The average molecular weight is 398 g/mol. The number of aromatic amines is 1. The van der Waals surface area contributed by atoms with Crippen LogP contribution in [0.3, 0.4) is 0 Å². The van der Waals surface area contributed by atoms with Crippen molar-refractivity contribution >= 4 is 40.0 Å². The Morgan fingerprint density at radius 3 is 2.79 bits per heavy atom. The summed E-state index contributed by atoms with van der Waals surface area (Å²) in [5.41, 5.74) is 1.68. The van der Waals surface area contributed by atoms with Gasteiger partial charge in [-0.1, -0.05) is 30.0 Å². The number of nitrogens with zero attached hydrogens (tertiary/aromatic N) is 3. The summed E-state index contributed by atoms with van der Waals surface area (Å²) in [4.78, 5) is 19.2. The van der Waals surface area contributed by atoms with Crippen LogP contribution in [-0.2, 0) is 4.74 Å². The fourth-order valence-corrected chi connectivity index (χ4v) is 3.58. The summed E-state index contributed by atoms with van der Waals surface area (Å²) >= 11 is 1.49. The zero-order valence-electron chi connectivity index (χ0n) is 15.8. The first kappa shape index (κ1) is 18.9. The number of thioether (sulfide) groups is 1. The van der Waals surface area contributed by atoms with E-state index in [1.165, 1.54) is 11.8 Å². The number of ether oxygens (including phenoxy) is 1. The van der Waals surface area contributed by atoms with Crippen molar-refractivity contribution in [3.05, 3.63) is 42.0 Å². The molecule has 0 bridgehead atoms.